The third-order valence-corrected chi connectivity index (χ3v) is 4.51. The van der Waals surface area contributed by atoms with Crippen molar-refractivity contribution in [2.75, 3.05) is 5.32 Å². The molecule has 5 rings (SSSR count). The summed E-state index contributed by atoms with van der Waals surface area (Å²) in [4.78, 5) is 8.79. The van der Waals surface area contributed by atoms with Crippen LogP contribution in [-0.4, -0.2) is 26.2 Å². The minimum Gasteiger partial charge on any atom is -0.420 e. The highest BCUT2D eigenvalue weighted by Crippen LogP contribution is 2.38. The number of rotatable bonds is 4. The van der Waals surface area contributed by atoms with Gasteiger partial charge < -0.3 is 9.73 Å². The molecule has 0 aliphatic heterocycles. The van der Waals surface area contributed by atoms with E-state index in [0.717, 1.165) is 31.2 Å². The van der Waals surface area contributed by atoms with Gasteiger partial charge in [0.15, 0.2) is 0 Å². The van der Waals surface area contributed by atoms with Crippen molar-refractivity contribution in [1.29, 1.82) is 0 Å². The monoisotopic (exact) mass is 318 g/mol. The zero-order chi connectivity index (χ0) is 15.9. The van der Waals surface area contributed by atoms with E-state index in [2.05, 4.69) is 49.7 Å². The molecule has 0 saturated heterocycles. The predicted octanol–water partition coefficient (Wildman–Crippen LogP) is 2.82. The summed E-state index contributed by atoms with van der Waals surface area (Å²) in [7, 11) is 0. The maximum absolute atomic E-state index is 5.65. The molecule has 0 atom stereocenters. The van der Waals surface area contributed by atoms with Gasteiger partial charge >= 0.3 is 0 Å². The second kappa shape index (κ2) is 5.40. The maximum atomic E-state index is 5.65. The van der Waals surface area contributed by atoms with Crippen LogP contribution in [0.15, 0.2) is 41.1 Å². The Balaban J connectivity index is 1.28. The van der Waals surface area contributed by atoms with Gasteiger partial charge in [-0.05, 0) is 36.8 Å². The van der Waals surface area contributed by atoms with Crippen molar-refractivity contribution in [3.05, 3.63) is 59.6 Å². The first-order valence-corrected chi connectivity index (χ1v) is 8.19. The van der Waals surface area contributed by atoms with Crippen LogP contribution in [0, 0.1) is 5.92 Å². The van der Waals surface area contributed by atoms with Crippen LogP contribution in [0.25, 0.3) is 11.5 Å². The lowest BCUT2D eigenvalue weighted by Gasteiger charge is -2.11. The van der Waals surface area contributed by atoms with Crippen molar-refractivity contribution in [1.82, 2.24) is 20.2 Å². The SMILES string of the molecule is c1ccc2c(c1)CC(Nc1ncc(-c3nnc([C]4CC4)o3)cn1)C2. The molecule has 1 aromatic carbocycles. The molecule has 119 valence electrons. The van der Waals surface area contributed by atoms with Gasteiger partial charge in [-0.25, -0.2) is 9.97 Å². The van der Waals surface area contributed by atoms with Crippen molar-refractivity contribution in [3.8, 4) is 11.5 Å². The molecule has 2 aromatic heterocycles. The fourth-order valence-corrected chi connectivity index (χ4v) is 3.12. The van der Waals surface area contributed by atoms with Crippen molar-refractivity contribution in [3.63, 3.8) is 0 Å². The molecule has 2 aliphatic carbocycles. The molecule has 1 radical (unpaired) electrons. The molecule has 0 amide bonds. The van der Waals surface area contributed by atoms with E-state index in [1.54, 1.807) is 12.4 Å². The summed E-state index contributed by atoms with van der Waals surface area (Å²) in [6, 6.07) is 8.89. The van der Waals surface area contributed by atoms with Crippen LogP contribution >= 0.6 is 0 Å². The summed E-state index contributed by atoms with van der Waals surface area (Å²) < 4.78 is 5.65. The number of hydrogen-bond donors (Lipinski definition) is 1. The molecule has 2 aliphatic rings. The molecule has 0 spiro atoms. The Morgan fingerprint density at radius 3 is 2.25 bits per heavy atom. The molecule has 3 aromatic rings. The average Bonchev–Trinajstić information content (AvgIpc) is 3.19. The van der Waals surface area contributed by atoms with Crippen LogP contribution in [0.3, 0.4) is 0 Å². The van der Waals surface area contributed by atoms with Crippen LogP contribution in [0.2, 0.25) is 0 Å². The van der Waals surface area contributed by atoms with Gasteiger partial charge in [0, 0.05) is 18.4 Å². The van der Waals surface area contributed by atoms with Crippen LogP contribution in [-0.2, 0) is 12.8 Å². The highest BCUT2D eigenvalue weighted by atomic mass is 16.4. The zero-order valence-electron chi connectivity index (χ0n) is 13.1. The molecular weight excluding hydrogens is 302 g/mol. The van der Waals surface area contributed by atoms with E-state index in [1.165, 1.54) is 17.0 Å². The molecule has 1 saturated carbocycles. The minimum absolute atomic E-state index is 0.342. The summed E-state index contributed by atoms with van der Waals surface area (Å²) in [6.45, 7) is 0. The maximum Gasteiger partial charge on any atom is 0.250 e. The zero-order valence-corrected chi connectivity index (χ0v) is 13.1. The van der Waals surface area contributed by atoms with Crippen molar-refractivity contribution in [2.45, 2.75) is 31.7 Å². The van der Waals surface area contributed by atoms with Gasteiger partial charge in [-0.3, -0.25) is 0 Å². The number of anilines is 1. The Bertz CT molecular complexity index is 844. The summed E-state index contributed by atoms with van der Waals surface area (Å²) >= 11 is 0. The second-order valence-corrected chi connectivity index (χ2v) is 6.33. The molecule has 1 N–H and O–H groups in total. The van der Waals surface area contributed by atoms with Crippen LogP contribution in [0.4, 0.5) is 5.95 Å². The Kier molecular flexibility index (Phi) is 3.07. The number of aromatic nitrogens is 4. The predicted molar refractivity (Wildman–Crippen MR) is 88.2 cm³/mol. The number of benzene rings is 1. The summed E-state index contributed by atoms with van der Waals surface area (Å²) in [6.07, 6.45) is 7.59. The summed E-state index contributed by atoms with van der Waals surface area (Å²) in [5, 5.41) is 11.5. The standard InChI is InChI=1S/C18H16N5O/c1-2-4-13-8-15(7-12(13)3-1)21-18-19-9-14(10-20-18)17-23-22-16(24-17)11-5-6-11/h1-4,9-10,15H,5-8H2,(H,19,20,21). The van der Waals surface area contributed by atoms with E-state index in [4.69, 9.17) is 4.42 Å². The van der Waals surface area contributed by atoms with E-state index < -0.39 is 0 Å². The number of hydrogen-bond acceptors (Lipinski definition) is 6. The van der Waals surface area contributed by atoms with Gasteiger partial charge in [0.2, 0.25) is 11.8 Å². The van der Waals surface area contributed by atoms with Gasteiger partial charge in [0.25, 0.3) is 5.89 Å². The van der Waals surface area contributed by atoms with Crippen molar-refractivity contribution < 1.29 is 4.42 Å². The highest BCUT2D eigenvalue weighted by Gasteiger charge is 2.30. The van der Waals surface area contributed by atoms with Crippen LogP contribution < -0.4 is 5.32 Å². The Labute approximate surface area is 139 Å². The summed E-state index contributed by atoms with van der Waals surface area (Å²) in [5.41, 5.74) is 3.56. The fraction of sp³-hybridized carbons (Fsp3) is 0.278. The average molecular weight is 318 g/mol. The molecule has 1 fully saturated rings. The third-order valence-electron chi connectivity index (χ3n) is 4.51. The Morgan fingerprint density at radius 1 is 0.917 bits per heavy atom. The second-order valence-electron chi connectivity index (χ2n) is 6.33. The third kappa shape index (κ3) is 2.54. The van der Waals surface area contributed by atoms with Crippen LogP contribution in [0.1, 0.15) is 29.9 Å². The van der Waals surface area contributed by atoms with Gasteiger partial charge in [-0.15, -0.1) is 10.2 Å². The lowest BCUT2D eigenvalue weighted by atomic mass is 10.1. The lowest BCUT2D eigenvalue weighted by molar-refractivity contribution is 0.535. The first-order chi connectivity index (χ1) is 11.8. The molecule has 6 nitrogen and oxygen atoms in total. The van der Waals surface area contributed by atoms with Crippen molar-refractivity contribution in [2.24, 2.45) is 0 Å². The minimum atomic E-state index is 0.342. The molecule has 0 unspecified atom stereocenters. The lowest BCUT2D eigenvalue weighted by Crippen LogP contribution is -2.20. The quantitative estimate of drug-likeness (QED) is 0.797. The topological polar surface area (TPSA) is 76.7 Å². The molecule has 24 heavy (non-hydrogen) atoms. The Morgan fingerprint density at radius 2 is 1.58 bits per heavy atom. The smallest absolute Gasteiger partial charge is 0.250 e. The van der Waals surface area contributed by atoms with Crippen LogP contribution in [0.5, 0.6) is 0 Å². The molecular formula is C18H16N5O. The normalized spacial score (nSPS) is 17.0. The highest BCUT2D eigenvalue weighted by molar-refractivity contribution is 5.51. The number of nitrogens with zero attached hydrogens (tertiary/aromatic N) is 4. The van der Waals surface area contributed by atoms with Gasteiger partial charge in [0.05, 0.1) is 11.5 Å². The van der Waals surface area contributed by atoms with E-state index in [-0.39, 0.29) is 0 Å². The summed E-state index contributed by atoms with van der Waals surface area (Å²) in [5.74, 6) is 2.99. The Hall–Kier alpha value is -2.76. The molecule has 0 bridgehead atoms. The first-order valence-electron chi connectivity index (χ1n) is 8.19. The van der Waals surface area contributed by atoms with E-state index in [0.29, 0.717) is 23.8 Å². The molecule has 2 heterocycles. The van der Waals surface area contributed by atoms with Crippen molar-refractivity contribution >= 4 is 5.95 Å². The van der Waals surface area contributed by atoms with Gasteiger partial charge in [0.1, 0.15) is 0 Å². The number of fused-ring (bicyclic) bond motifs is 1. The van der Waals surface area contributed by atoms with Gasteiger partial charge in [-0.2, -0.15) is 0 Å². The van der Waals surface area contributed by atoms with Gasteiger partial charge in [-0.1, -0.05) is 24.3 Å². The van der Waals surface area contributed by atoms with E-state index in [1.807, 2.05) is 0 Å². The molecule has 6 heteroatoms. The van der Waals surface area contributed by atoms with E-state index in [9.17, 15) is 0 Å². The van der Waals surface area contributed by atoms with E-state index >= 15 is 0 Å². The number of nitrogens with one attached hydrogen (secondary N) is 1. The fourth-order valence-electron chi connectivity index (χ4n) is 3.12. The largest absolute Gasteiger partial charge is 0.420 e. The first kappa shape index (κ1) is 13.7.